The monoisotopic (exact) mass is 158 g/mol. The Bertz CT molecular complexity index is 165. The van der Waals surface area contributed by atoms with Gasteiger partial charge in [-0.25, -0.2) is 0 Å². The number of hydrogen-bond donors (Lipinski definition) is 0. The van der Waals surface area contributed by atoms with Crippen molar-refractivity contribution in [2.45, 2.75) is 25.1 Å². The fourth-order valence-electron chi connectivity index (χ4n) is 1.07. The van der Waals surface area contributed by atoms with Gasteiger partial charge in [0.2, 0.25) is 0 Å². The van der Waals surface area contributed by atoms with Gasteiger partial charge in [0.15, 0.2) is 0 Å². The summed E-state index contributed by atoms with van der Waals surface area (Å²) in [7, 11) is 0. The molecule has 0 heterocycles. The molecular weight excluding hydrogens is 148 g/mol. The Labute approximate surface area is 66.1 Å². The van der Waals surface area contributed by atoms with E-state index in [1.807, 2.05) is 19.1 Å². The summed E-state index contributed by atoms with van der Waals surface area (Å²) >= 11 is 5.94. The number of halogens is 1. The maximum atomic E-state index is 10.6. The van der Waals surface area contributed by atoms with Crippen LogP contribution in [-0.4, -0.2) is 11.7 Å². The Morgan fingerprint density at radius 1 is 1.70 bits per heavy atom. The maximum Gasteiger partial charge on any atom is 0.127 e. The Morgan fingerprint density at radius 3 is 2.80 bits per heavy atom. The van der Waals surface area contributed by atoms with Crippen LogP contribution in [0.1, 0.15) is 19.8 Å². The summed E-state index contributed by atoms with van der Waals surface area (Å²) in [5, 5.41) is -0.0185. The van der Waals surface area contributed by atoms with Gasteiger partial charge in [-0.15, -0.1) is 11.6 Å². The summed E-state index contributed by atoms with van der Waals surface area (Å²) in [6, 6.07) is 0. The van der Waals surface area contributed by atoms with Crippen molar-refractivity contribution in [2.24, 2.45) is 5.41 Å². The van der Waals surface area contributed by atoms with E-state index in [-0.39, 0.29) is 10.8 Å². The van der Waals surface area contributed by atoms with Gasteiger partial charge in [-0.1, -0.05) is 19.1 Å². The summed E-state index contributed by atoms with van der Waals surface area (Å²) in [5.41, 5.74) is -0.323. The molecule has 0 aromatic heterocycles. The molecule has 1 nitrogen and oxygen atoms in total. The molecule has 56 valence electrons. The first-order valence-electron chi connectivity index (χ1n) is 3.44. The van der Waals surface area contributed by atoms with E-state index < -0.39 is 0 Å². The van der Waals surface area contributed by atoms with Gasteiger partial charge in [0.25, 0.3) is 0 Å². The molecule has 0 saturated carbocycles. The van der Waals surface area contributed by atoms with Gasteiger partial charge < -0.3 is 4.79 Å². The molecule has 0 amide bonds. The van der Waals surface area contributed by atoms with Crippen molar-refractivity contribution in [1.29, 1.82) is 0 Å². The lowest BCUT2D eigenvalue weighted by Crippen LogP contribution is -2.30. The second-order valence-electron chi connectivity index (χ2n) is 3.00. The van der Waals surface area contributed by atoms with E-state index >= 15 is 0 Å². The van der Waals surface area contributed by atoms with Gasteiger partial charge in [0, 0.05) is 10.8 Å². The first-order valence-corrected chi connectivity index (χ1v) is 3.88. The van der Waals surface area contributed by atoms with Crippen LogP contribution in [0.4, 0.5) is 0 Å². The van der Waals surface area contributed by atoms with Crippen LogP contribution in [0.3, 0.4) is 0 Å². The molecule has 0 bridgehead atoms. The van der Waals surface area contributed by atoms with Gasteiger partial charge >= 0.3 is 0 Å². The number of alkyl halides is 1. The third-order valence-electron chi connectivity index (χ3n) is 2.05. The van der Waals surface area contributed by atoms with Crippen molar-refractivity contribution in [2.75, 3.05) is 0 Å². The molecule has 0 aromatic rings. The highest BCUT2D eigenvalue weighted by molar-refractivity contribution is 6.22. The van der Waals surface area contributed by atoms with Crippen LogP contribution in [0.25, 0.3) is 0 Å². The van der Waals surface area contributed by atoms with Gasteiger partial charge in [0.1, 0.15) is 6.29 Å². The highest BCUT2D eigenvalue weighted by Gasteiger charge is 2.32. The molecule has 0 unspecified atom stereocenters. The minimum atomic E-state index is -0.323. The molecule has 0 aromatic carbocycles. The summed E-state index contributed by atoms with van der Waals surface area (Å²) in [6.07, 6.45) is 6.62. The predicted molar refractivity (Wildman–Crippen MR) is 42.2 cm³/mol. The standard InChI is InChI=1S/C8H11ClO/c1-8(6-10)5-3-2-4-7(8)9/h2-3,6-7H,4-5H2,1H3/t7-,8-/m0/s1. The molecule has 2 atom stereocenters. The third-order valence-corrected chi connectivity index (χ3v) is 2.73. The fraction of sp³-hybridized carbons (Fsp3) is 0.625. The van der Waals surface area contributed by atoms with E-state index in [0.717, 1.165) is 19.1 Å². The van der Waals surface area contributed by atoms with Crippen molar-refractivity contribution in [3.05, 3.63) is 12.2 Å². The second kappa shape index (κ2) is 2.75. The predicted octanol–water partition coefficient (Wildman–Crippen LogP) is 2.15. The molecule has 0 radical (unpaired) electrons. The number of hydrogen-bond acceptors (Lipinski definition) is 1. The average Bonchev–Trinajstić information content (AvgIpc) is 1.96. The molecule has 0 spiro atoms. The quantitative estimate of drug-likeness (QED) is 0.325. The van der Waals surface area contributed by atoms with Crippen molar-refractivity contribution in [1.82, 2.24) is 0 Å². The Hall–Kier alpha value is -0.300. The lowest BCUT2D eigenvalue weighted by molar-refractivity contribution is -0.115. The summed E-state index contributed by atoms with van der Waals surface area (Å²) < 4.78 is 0. The largest absolute Gasteiger partial charge is 0.303 e. The molecular formula is C8H11ClO. The average molecular weight is 159 g/mol. The SMILES string of the molecule is C[C@@]1(C=O)CC=CC[C@@H]1Cl. The van der Waals surface area contributed by atoms with E-state index in [0.29, 0.717) is 0 Å². The molecule has 10 heavy (non-hydrogen) atoms. The zero-order chi connectivity index (χ0) is 7.61. The van der Waals surface area contributed by atoms with Crippen molar-refractivity contribution in [3.63, 3.8) is 0 Å². The van der Waals surface area contributed by atoms with Crippen LogP contribution < -0.4 is 0 Å². The van der Waals surface area contributed by atoms with E-state index in [9.17, 15) is 4.79 Å². The van der Waals surface area contributed by atoms with Crippen LogP contribution in [0.2, 0.25) is 0 Å². The number of carbonyl (C=O) groups excluding carboxylic acids is 1. The van der Waals surface area contributed by atoms with Crippen molar-refractivity contribution < 1.29 is 4.79 Å². The number of rotatable bonds is 1. The van der Waals surface area contributed by atoms with Gasteiger partial charge in [0.05, 0.1) is 0 Å². The zero-order valence-corrected chi connectivity index (χ0v) is 6.77. The molecule has 2 heteroatoms. The molecule has 0 fully saturated rings. The van der Waals surface area contributed by atoms with Crippen molar-refractivity contribution in [3.8, 4) is 0 Å². The third kappa shape index (κ3) is 1.24. The first kappa shape index (κ1) is 7.80. The summed E-state index contributed by atoms with van der Waals surface area (Å²) in [4.78, 5) is 10.6. The second-order valence-corrected chi connectivity index (χ2v) is 3.53. The van der Waals surface area contributed by atoms with E-state index in [4.69, 9.17) is 11.6 Å². The highest BCUT2D eigenvalue weighted by atomic mass is 35.5. The topological polar surface area (TPSA) is 17.1 Å². The zero-order valence-electron chi connectivity index (χ0n) is 6.01. The Morgan fingerprint density at radius 2 is 2.40 bits per heavy atom. The van der Waals surface area contributed by atoms with Gasteiger partial charge in [-0.05, 0) is 12.8 Å². The van der Waals surface area contributed by atoms with Crippen LogP contribution >= 0.6 is 11.6 Å². The van der Waals surface area contributed by atoms with Gasteiger partial charge in [-0.2, -0.15) is 0 Å². The molecule has 1 aliphatic rings. The van der Waals surface area contributed by atoms with Crippen LogP contribution in [-0.2, 0) is 4.79 Å². The lowest BCUT2D eigenvalue weighted by Gasteiger charge is -2.29. The van der Waals surface area contributed by atoms with E-state index in [2.05, 4.69) is 0 Å². The molecule has 1 aliphatic carbocycles. The minimum absolute atomic E-state index is 0.0185. The number of carbonyl (C=O) groups is 1. The lowest BCUT2D eigenvalue weighted by atomic mass is 9.80. The first-order chi connectivity index (χ1) is 4.69. The number of allylic oxidation sites excluding steroid dienone is 2. The maximum absolute atomic E-state index is 10.6. The van der Waals surface area contributed by atoms with E-state index in [1.54, 1.807) is 0 Å². The molecule has 0 N–H and O–H groups in total. The molecule has 0 aliphatic heterocycles. The van der Waals surface area contributed by atoms with Crippen LogP contribution in [0, 0.1) is 5.41 Å². The minimum Gasteiger partial charge on any atom is -0.303 e. The summed E-state index contributed by atoms with van der Waals surface area (Å²) in [5.74, 6) is 0. The molecule has 0 saturated heterocycles. The van der Waals surface area contributed by atoms with Crippen molar-refractivity contribution >= 4 is 17.9 Å². The Kier molecular flexibility index (Phi) is 2.14. The van der Waals surface area contributed by atoms with Gasteiger partial charge in [-0.3, -0.25) is 0 Å². The van der Waals surface area contributed by atoms with Crippen LogP contribution in [0.15, 0.2) is 12.2 Å². The van der Waals surface area contributed by atoms with Crippen LogP contribution in [0.5, 0.6) is 0 Å². The molecule has 1 rings (SSSR count). The summed E-state index contributed by atoms with van der Waals surface area (Å²) in [6.45, 7) is 1.90. The normalized spacial score (nSPS) is 39.6. The fourth-order valence-corrected chi connectivity index (χ4v) is 1.32. The highest BCUT2D eigenvalue weighted by Crippen LogP contribution is 2.33. The number of aldehydes is 1. The van der Waals surface area contributed by atoms with E-state index in [1.165, 1.54) is 0 Å². The Balaban J connectivity index is 2.75. The smallest absolute Gasteiger partial charge is 0.127 e.